The average Bonchev–Trinajstić information content (AvgIpc) is 2.62. The minimum absolute atomic E-state index is 0.513. The van der Waals surface area contributed by atoms with E-state index in [1.54, 1.807) is 23.0 Å². The summed E-state index contributed by atoms with van der Waals surface area (Å²) in [5.41, 5.74) is 7.92. The minimum Gasteiger partial charge on any atom is -0.399 e. The van der Waals surface area contributed by atoms with Crippen molar-refractivity contribution in [2.24, 2.45) is 7.05 Å². The Morgan fingerprint density at radius 1 is 1.35 bits per heavy atom. The first-order valence-electron chi connectivity index (χ1n) is 5.02. The van der Waals surface area contributed by atoms with Gasteiger partial charge in [-0.2, -0.15) is 5.10 Å². The van der Waals surface area contributed by atoms with Gasteiger partial charge < -0.3 is 11.1 Å². The van der Waals surface area contributed by atoms with Crippen LogP contribution in [0.4, 0.5) is 11.4 Å². The quantitative estimate of drug-likeness (QED) is 0.844. The molecule has 2 aromatic rings. The Balaban J connectivity index is 2.14. The van der Waals surface area contributed by atoms with Crippen LogP contribution in [0.5, 0.6) is 0 Å². The van der Waals surface area contributed by atoms with Gasteiger partial charge in [-0.15, -0.1) is 0 Å². The summed E-state index contributed by atoms with van der Waals surface area (Å²) in [6.45, 7) is 0.608. The monoisotopic (exact) mass is 270 g/mol. The van der Waals surface area contributed by atoms with Crippen molar-refractivity contribution >= 4 is 34.6 Å². The van der Waals surface area contributed by atoms with Crippen LogP contribution in [0.3, 0.4) is 0 Å². The van der Waals surface area contributed by atoms with Gasteiger partial charge in [0.2, 0.25) is 0 Å². The largest absolute Gasteiger partial charge is 0.399 e. The van der Waals surface area contributed by atoms with Gasteiger partial charge in [0.15, 0.2) is 0 Å². The number of benzene rings is 1. The Bertz CT molecular complexity index is 513. The highest BCUT2D eigenvalue weighted by Gasteiger charge is 2.07. The van der Waals surface area contributed by atoms with Crippen molar-refractivity contribution in [1.29, 1.82) is 0 Å². The van der Waals surface area contributed by atoms with E-state index in [0.29, 0.717) is 28.0 Å². The standard InChI is InChI=1S/C11H12Cl2N4/c1-17-6-7(5-16-17)4-15-11-9(12)2-8(14)3-10(11)13/h2-3,5-6,15H,4,14H2,1H3. The van der Waals surface area contributed by atoms with Crippen LogP contribution >= 0.6 is 23.2 Å². The van der Waals surface area contributed by atoms with E-state index in [0.717, 1.165) is 5.56 Å². The summed E-state index contributed by atoms with van der Waals surface area (Å²) in [7, 11) is 1.87. The molecule has 0 spiro atoms. The Morgan fingerprint density at radius 3 is 2.53 bits per heavy atom. The van der Waals surface area contributed by atoms with E-state index in [2.05, 4.69) is 10.4 Å². The molecule has 0 aliphatic carbocycles. The van der Waals surface area contributed by atoms with Crippen LogP contribution in [0.2, 0.25) is 10.0 Å². The Morgan fingerprint density at radius 2 is 2.00 bits per heavy atom. The molecule has 3 N–H and O–H groups in total. The SMILES string of the molecule is Cn1cc(CNc2c(Cl)cc(N)cc2Cl)cn1. The summed E-state index contributed by atoms with van der Waals surface area (Å²) in [4.78, 5) is 0. The number of aromatic nitrogens is 2. The lowest BCUT2D eigenvalue weighted by Crippen LogP contribution is -2.00. The van der Waals surface area contributed by atoms with E-state index in [-0.39, 0.29) is 0 Å². The molecule has 0 aliphatic rings. The summed E-state index contributed by atoms with van der Waals surface area (Å²) in [6.07, 6.45) is 3.71. The van der Waals surface area contributed by atoms with E-state index in [1.807, 2.05) is 13.2 Å². The summed E-state index contributed by atoms with van der Waals surface area (Å²) < 4.78 is 1.74. The molecule has 0 fully saturated rings. The summed E-state index contributed by atoms with van der Waals surface area (Å²) in [5.74, 6) is 0. The molecule has 0 radical (unpaired) electrons. The zero-order valence-electron chi connectivity index (χ0n) is 9.24. The number of hydrogen-bond acceptors (Lipinski definition) is 3. The first-order chi connectivity index (χ1) is 8.06. The highest BCUT2D eigenvalue weighted by Crippen LogP contribution is 2.33. The second-order valence-corrected chi connectivity index (χ2v) is 4.55. The third-order valence-electron chi connectivity index (χ3n) is 2.29. The lowest BCUT2D eigenvalue weighted by atomic mass is 10.2. The van der Waals surface area contributed by atoms with Crippen molar-refractivity contribution in [3.8, 4) is 0 Å². The summed E-state index contributed by atoms with van der Waals surface area (Å²) >= 11 is 12.1. The molecule has 90 valence electrons. The van der Waals surface area contributed by atoms with Crippen molar-refractivity contribution in [1.82, 2.24) is 9.78 Å². The van der Waals surface area contributed by atoms with Crippen molar-refractivity contribution in [2.75, 3.05) is 11.1 Å². The van der Waals surface area contributed by atoms with Gasteiger partial charge in [-0.1, -0.05) is 23.2 Å². The smallest absolute Gasteiger partial charge is 0.0723 e. The molecule has 0 bridgehead atoms. The number of halogens is 2. The number of aryl methyl sites for hydroxylation is 1. The van der Waals surface area contributed by atoms with Crippen LogP contribution in [0.15, 0.2) is 24.5 Å². The molecule has 0 unspecified atom stereocenters. The molecule has 0 saturated heterocycles. The number of nitrogens with two attached hydrogens (primary N) is 1. The van der Waals surface area contributed by atoms with Gasteiger partial charge in [0.25, 0.3) is 0 Å². The second kappa shape index (κ2) is 4.85. The molecule has 1 aromatic heterocycles. The maximum atomic E-state index is 6.06. The van der Waals surface area contributed by atoms with Gasteiger partial charge in [0.05, 0.1) is 21.9 Å². The van der Waals surface area contributed by atoms with Gasteiger partial charge in [-0.3, -0.25) is 4.68 Å². The average molecular weight is 271 g/mol. The van der Waals surface area contributed by atoms with Crippen LogP contribution in [0.25, 0.3) is 0 Å². The van der Waals surface area contributed by atoms with E-state index in [1.165, 1.54) is 0 Å². The third kappa shape index (κ3) is 2.84. The van der Waals surface area contributed by atoms with Crippen molar-refractivity contribution in [3.05, 3.63) is 40.1 Å². The van der Waals surface area contributed by atoms with Gasteiger partial charge in [-0.05, 0) is 12.1 Å². The minimum atomic E-state index is 0.513. The normalized spacial score (nSPS) is 10.5. The molecular formula is C11H12Cl2N4. The van der Waals surface area contributed by atoms with E-state index in [4.69, 9.17) is 28.9 Å². The van der Waals surface area contributed by atoms with Crippen LogP contribution in [0.1, 0.15) is 5.56 Å². The van der Waals surface area contributed by atoms with E-state index < -0.39 is 0 Å². The first-order valence-corrected chi connectivity index (χ1v) is 5.78. The van der Waals surface area contributed by atoms with Gasteiger partial charge in [0, 0.05) is 31.0 Å². The van der Waals surface area contributed by atoms with E-state index >= 15 is 0 Å². The predicted molar refractivity (Wildman–Crippen MR) is 71.4 cm³/mol. The lowest BCUT2D eigenvalue weighted by molar-refractivity contribution is 0.767. The van der Waals surface area contributed by atoms with Gasteiger partial charge in [0.1, 0.15) is 0 Å². The Kier molecular flexibility index (Phi) is 3.45. The number of rotatable bonds is 3. The maximum Gasteiger partial charge on any atom is 0.0723 e. The zero-order chi connectivity index (χ0) is 12.4. The fourth-order valence-corrected chi connectivity index (χ4v) is 2.15. The number of nitrogens with one attached hydrogen (secondary N) is 1. The molecule has 0 atom stereocenters. The number of nitrogens with zero attached hydrogens (tertiary/aromatic N) is 2. The molecule has 0 aliphatic heterocycles. The molecular weight excluding hydrogens is 259 g/mol. The molecule has 4 nitrogen and oxygen atoms in total. The first kappa shape index (κ1) is 12.1. The van der Waals surface area contributed by atoms with Crippen molar-refractivity contribution in [3.63, 3.8) is 0 Å². The van der Waals surface area contributed by atoms with Gasteiger partial charge in [-0.25, -0.2) is 0 Å². The van der Waals surface area contributed by atoms with Crippen molar-refractivity contribution < 1.29 is 0 Å². The molecule has 6 heteroatoms. The van der Waals surface area contributed by atoms with Crippen LogP contribution in [-0.4, -0.2) is 9.78 Å². The van der Waals surface area contributed by atoms with Crippen LogP contribution in [0, 0.1) is 0 Å². The Labute approximate surface area is 109 Å². The third-order valence-corrected chi connectivity index (χ3v) is 2.89. The molecule has 17 heavy (non-hydrogen) atoms. The summed E-state index contributed by atoms with van der Waals surface area (Å²) in [6, 6.07) is 3.33. The number of anilines is 2. The van der Waals surface area contributed by atoms with Crippen LogP contribution in [-0.2, 0) is 13.6 Å². The van der Waals surface area contributed by atoms with Crippen LogP contribution < -0.4 is 11.1 Å². The molecule has 1 aromatic carbocycles. The zero-order valence-corrected chi connectivity index (χ0v) is 10.8. The molecule has 2 rings (SSSR count). The molecule has 0 saturated carbocycles. The second-order valence-electron chi connectivity index (χ2n) is 3.74. The predicted octanol–water partition coefficient (Wildman–Crippen LogP) is 2.92. The fraction of sp³-hybridized carbons (Fsp3) is 0.182. The lowest BCUT2D eigenvalue weighted by Gasteiger charge is -2.10. The Hall–Kier alpha value is -1.39. The van der Waals surface area contributed by atoms with E-state index in [9.17, 15) is 0 Å². The number of hydrogen-bond donors (Lipinski definition) is 2. The topological polar surface area (TPSA) is 55.9 Å². The maximum absolute atomic E-state index is 6.06. The highest BCUT2D eigenvalue weighted by molar-refractivity contribution is 6.39. The fourth-order valence-electron chi connectivity index (χ4n) is 1.52. The summed E-state index contributed by atoms with van der Waals surface area (Å²) in [5, 5.41) is 8.27. The number of nitrogen functional groups attached to an aromatic ring is 1. The van der Waals surface area contributed by atoms with Crippen molar-refractivity contribution in [2.45, 2.75) is 6.54 Å². The molecule has 0 amide bonds. The highest BCUT2D eigenvalue weighted by atomic mass is 35.5. The van der Waals surface area contributed by atoms with Gasteiger partial charge >= 0.3 is 0 Å². The molecule has 1 heterocycles.